The molecule has 0 aromatic heterocycles. The molecular formula is C12H13F4NO. The van der Waals surface area contributed by atoms with Gasteiger partial charge in [-0.2, -0.15) is 17.6 Å². The van der Waals surface area contributed by atoms with Gasteiger partial charge in [0.2, 0.25) is 0 Å². The summed E-state index contributed by atoms with van der Waals surface area (Å²) in [6.07, 6.45) is -4.90. The Bertz CT molecular complexity index is 407. The summed E-state index contributed by atoms with van der Waals surface area (Å²) in [6, 6.07) is 5.57. The Balaban J connectivity index is 2.76. The zero-order chi connectivity index (χ0) is 13.6. The molecule has 6 heteroatoms. The van der Waals surface area contributed by atoms with Crippen molar-refractivity contribution in [3.05, 3.63) is 35.9 Å². The highest BCUT2D eigenvalue weighted by atomic mass is 19.3. The molecule has 100 valence electrons. The zero-order valence-electron chi connectivity index (χ0n) is 9.67. The predicted molar refractivity (Wildman–Crippen MR) is 61.0 cm³/mol. The lowest BCUT2D eigenvalue weighted by molar-refractivity contribution is -0.253. The quantitative estimate of drug-likeness (QED) is 0.796. The largest absolute Gasteiger partial charge is 0.461 e. The summed E-state index contributed by atoms with van der Waals surface area (Å²) >= 11 is 0. The number of benzene rings is 1. The minimum atomic E-state index is -4.48. The molecule has 0 spiro atoms. The summed E-state index contributed by atoms with van der Waals surface area (Å²) in [5.41, 5.74) is 0.591. The van der Waals surface area contributed by atoms with Crippen LogP contribution in [0.2, 0.25) is 0 Å². The van der Waals surface area contributed by atoms with Gasteiger partial charge in [-0.05, 0) is 24.7 Å². The molecule has 0 aliphatic carbocycles. The highest BCUT2D eigenvalue weighted by Gasteiger charge is 2.43. The fraction of sp³-hybridized carbons (Fsp3) is 0.333. The van der Waals surface area contributed by atoms with Crippen molar-refractivity contribution in [3.8, 4) is 5.75 Å². The Labute approximate surface area is 102 Å². The van der Waals surface area contributed by atoms with Crippen LogP contribution in [0.4, 0.5) is 17.6 Å². The van der Waals surface area contributed by atoms with E-state index >= 15 is 0 Å². The van der Waals surface area contributed by atoms with E-state index in [2.05, 4.69) is 10.1 Å². The van der Waals surface area contributed by atoms with Gasteiger partial charge in [0, 0.05) is 6.54 Å². The number of alkyl halides is 4. The minimum absolute atomic E-state index is 0.299. The first-order valence-corrected chi connectivity index (χ1v) is 5.22. The predicted octanol–water partition coefficient (Wildman–Crippen LogP) is 3.16. The van der Waals surface area contributed by atoms with Crippen molar-refractivity contribution in [1.29, 1.82) is 0 Å². The van der Waals surface area contributed by atoms with Crippen LogP contribution in [0.1, 0.15) is 5.56 Å². The molecule has 0 saturated heterocycles. The van der Waals surface area contributed by atoms with Gasteiger partial charge in [-0.3, -0.25) is 0 Å². The van der Waals surface area contributed by atoms with Gasteiger partial charge in [0.05, 0.1) is 0 Å². The number of hydrogen-bond acceptors (Lipinski definition) is 2. The fourth-order valence-electron chi connectivity index (χ4n) is 1.20. The van der Waals surface area contributed by atoms with Gasteiger partial charge in [0.25, 0.3) is 0 Å². The summed E-state index contributed by atoms with van der Waals surface area (Å²) in [4.78, 5) is 0. The van der Waals surface area contributed by atoms with E-state index in [0.717, 1.165) is 0 Å². The number of halogens is 4. The maximum atomic E-state index is 12.7. The topological polar surface area (TPSA) is 21.3 Å². The standard InChI is InChI=1S/C12H13F4NO/c1-17-7-3-5-9-4-2-6-10(8-9)18-12(15,16)11(13)14/h2-6,8,11,17H,7H2,1H3. The number of likely N-dealkylation sites (N-methyl/N-ethyl adjacent to an activating group) is 1. The first-order valence-electron chi connectivity index (χ1n) is 5.22. The highest BCUT2D eigenvalue weighted by Crippen LogP contribution is 2.27. The van der Waals surface area contributed by atoms with Crippen LogP contribution in [0.25, 0.3) is 6.08 Å². The van der Waals surface area contributed by atoms with Gasteiger partial charge in [-0.25, -0.2) is 0 Å². The van der Waals surface area contributed by atoms with E-state index in [0.29, 0.717) is 12.1 Å². The first kappa shape index (κ1) is 14.5. The minimum Gasteiger partial charge on any atom is -0.428 e. The molecule has 1 aromatic carbocycles. The second kappa shape index (κ2) is 6.39. The fourth-order valence-corrected chi connectivity index (χ4v) is 1.20. The summed E-state index contributed by atoms with van der Waals surface area (Å²) in [5.74, 6) is -0.299. The lowest BCUT2D eigenvalue weighted by atomic mass is 10.2. The number of rotatable bonds is 6. The third kappa shape index (κ3) is 4.37. The molecule has 1 aromatic rings. The van der Waals surface area contributed by atoms with Crippen molar-refractivity contribution in [1.82, 2.24) is 5.32 Å². The lowest BCUT2D eigenvalue weighted by Gasteiger charge is -2.16. The highest BCUT2D eigenvalue weighted by molar-refractivity contribution is 5.51. The van der Waals surface area contributed by atoms with E-state index in [9.17, 15) is 17.6 Å². The third-order valence-corrected chi connectivity index (χ3v) is 2.00. The Morgan fingerprint density at radius 1 is 1.39 bits per heavy atom. The number of nitrogens with one attached hydrogen (secondary N) is 1. The maximum absolute atomic E-state index is 12.7. The molecule has 1 N–H and O–H groups in total. The van der Waals surface area contributed by atoms with Crippen LogP contribution < -0.4 is 10.1 Å². The Morgan fingerprint density at radius 2 is 2.11 bits per heavy atom. The molecule has 0 saturated carbocycles. The van der Waals surface area contributed by atoms with Gasteiger partial charge >= 0.3 is 12.5 Å². The van der Waals surface area contributed by atoms with Crippen molar-refractivity contribution in [3.63, 3.8) is 0 Å². The van der Waals surface area contributed by atoms with E-state index < -0.39 is 12.5 Å². The molecule has 0 fully saturated rings. The third-order valence-electron chi connectivity index (χ3n) is 2.00. The van der Waals surface area contributed by atoms with Gasteiger partial charge < -0.3 is 10.1 Å². The molecule has 0 radical (unpaired) electrons. The van der Waals surface area contributed by atoms with E-state index in [4.69, 9.17) is 0 Å². The van der Waals surface area contributed by atoms with Crippen molar-refractivity contribution in [2.75, 3.05) is 13.6 Å². The van der Waals surface area contributed by atoms with E-state index in [-0.39, 0.29) is 5.75 Å². The van der Waals surface area contributed by atoms with Crippen LogP contribution in [0.15, 0.2) is 30.3 Å². The van der Waals surface area contributed by atoms with Crippen molar-refractivity contribution in [2.45, 2.75) is 12.5 Å². The van der Waals surface area contributed by atoms with Crippen LogP contribution in [0.5, 0.6) is 5.75 Å². The van der Waals surface area contributed by atoms with Crippen LogP contribution in [-0.4, -0.2) is 26.1 Å². The molecule has 0 unspecified atom stereocenters. The SMILES string of the molecule is CNCC=Cc1cccc(OC(F)(F)C(F)F)c1. The molecular weight excluding hydrogens is 250 g/mol. The Hall–Kier alpha value is -1.56. The first-order chi connectivity index (χ1) is 8.45. The van der Waals surface area contributed by atoms with Gasteiger partial charge in [-0.1, -0.05) is 24.3 Å². The molecule has 0 atom stereocenters. The van der Waals surface area contributed by atoms with Gasteiger partial charge in [-0.15, -0.1) is 0 Å². The molecule has 0 heterocycles. The van der Waals surface area contributed by atoms with Crippen LogP contribution in [0.3, 0.4) is 0 Å². The van der Waals surface area contributed by atoms with Crippen LogP contribution >= 0.6 is 0 Å². The summed E-state index contributed by atoms with van der Waals surface area (Å²) in [5, 5.41) is 2.87. The summed E-state index contributed by atoms with van der Waals surface area (Å²) in [7, 11) is 1.76. The molecule has 0 aliphatic heterocycles. The zero-order valence-corrected chi connectivity index (χ0v) is 9.67. The lowest BCUT2D eigenvalue weighted by Crippen LogP contribution is -2.33. The van der Waals surface area contributed by atoms with Crippen LogP contribution in [0, 0.1) is 0 Å². The van der Waals surface area contributed by atoms with Crippen molar-refractivity contribution < 1.29 is 22.3 Å². The van der Waals surface area contributed by atoms with Gasteiger partial charge in [0.15, 0.2) is 0 Å². The molecule has 0 amide bonds. The van der Waals surface area contributed by atoms with E-state index in [1.165, 1.54) is 18.2 Å². The normalized spacial score (nSPS) is 12.3. The Morgan fingerprint density at radius 3 is 2.72 bits per heavy atom. The Kier molecular flexibility index (Phi) is 5.15. The molecule has 1 rings (SSSR count). The van der Waals surface area contributed by atoms with E-state index in [1.54, 1.807) is 25.3 Å². The second-order valence-electron chi connectivity index (χ2n) is 3.50. The van der Waals surface area contributed by atoms with Crippen molar-refractivity contribution in [2.24, 2.45) is 0 Å². The molecule has 2 nitrogen and oxygen atoms in total. The van der Waals surface area contributed by atoms with E-state index in [1.807, 2.05) is 0 Å². The number of hydrogen-bond donors (Lipinski definition) is 1. The number of ether oxygens (including phenoxy) is 1. The summed E-state index contributed by atoms with van der Waals surface area (Å²) < 4.78 is 53.2. The smallest absolute Gasteiger partial charge is 0.428 e. The monoisotopic (exact) mass is 263 g/mol. The maximum Gasteiger partial charge on any atom is 0.461 e. The average Bonchev–Trinajstić information content (AvgIpc) is 2.29. The molecule has 0 aliphatic rings. The van der Waals surface area contributed by atoms with Gasteiger partial charge in [0.1, 0.15) is 5.75 Å². The van der Waals surface area contributed by atoms with Crippen molar-refractivity contribution >= 4 is 6.08 Å². The molecule has 18 heavy (non-hydrogen) atoms. The molecule has 0 bridgehead atoms. The summed E-state index contributed by atoms with van der Waals surface area (Å²) in [6.45, 7) is 0.609. The average molecular weight is 263 g/mol. The van der Waals surface area contributed by atoms with Crippen LogP contribution in [-0.2, 0) is 0 Å². The second-order valence-corrected chi connectivity index (χ2v) is 3.50.